The van der Waals surface area contributed by atoms with Crippen molar-refractivity contribution in [3.8, 4) is 0 Å². The fourth-order valence-electron chi connectivity index (χ4n) is 0.987. The molecule has 1 aliphatic carbocycles. The Labute approximate surface area is 82.2 Å². The third-order valence-corrected chi connectivity index (χ3v) is 2.33. The molecular weight excluding hydrogens is 334 g/mol. The second-order valence-electron chi connectivity index (χ2n) is 3.21. The van der Waals surface area contributed by atoms with Crippen molar-refractivity contribution in [3.63, 3.8) is 0 Å². The molecule has 1 saturated carbocycles. The van der Waals surface area contributed by atoms with Crippen molar-refractivity contribution >= 4 is 0 Å². The maximum absolute atomic E-state index is 4.14. The van der Waals surface area contributed by atoms with E-state index in [0.29, 0.717) is 5.41 Å². The molecule has 0 N–H and O–H groups in total. The van der Waals surface area contributed by atoms with Gasteiger partial charge in [0.2, 0.25) is 0 Å². The molecule has 0 saturated heterocycles. The van der Waals surface area contributed by atoms with Crippen molar-refractivity contribution in [1.82, 2.24) is 0 Å². The van der Waals surface area contributed by atoms with E-state index in [1.54, 1.807) is 0 Å². The molecule has 1 heteroatoms. The first-order valence-electron chi connectivity index (χ1n) is 3.32. The van der Waals surface area contributed by atoms with Crippen LogP contribution in [0.4, 0.5) is 0 Å². The SMILES string of the molecule is [CH2-]C1(C(C)C)C[CH-]C1.[U+3]. The predicted octanol–water partition coefficient (Wildman–Crippen LogP) is 2.46. The van der Waals surface area contributed by atoms with E-state index in [-0.39, 0.29) is 31.1 Å². The summed E-state index contributed by atoms with van der Waals surface area (Å²) in [7, 11) is 0. The van der Waals surface area contributed by atoms with Crippen molar-refractivity contribution in [2.24, 2.45) is 11.3 Å². The zero-order chi connectivity index (χ0) is 6.20. The first-order chi connectivity index (χ1) is 3.65. The summed E-state index contributed by atoms with van der Waals surface area (Å²) in [5, 5.41) is 0. The van der Waals surface area contributed by atoms with Crippen LogP contribution in [0.2, 0.25) is 0 Å². The van der Waals surface area contributed by atoms with Gasteiger partial charge in [0.25, 0.3) is 0 Å². The number of rotatable bonds is 1. The minimum atomic E-state index is 0. The Bertz CT molecular complexity index is 82.6. The van der Waals surface area contributed by atoms with Crippen LogP contribution in [0.1, 0.15) is 26.7 Å². The molecule has 0 nitrogen and oxygen atoms in total. The van der Waals surface area contributed by atoms with Gasteiger partial charge >= 0.3 is 31.1 Å². The van der Waals surface area contributed by atoms with Crippen LogP contribution in [0.5, 0.6) is 0 Å². The molecule has 1 aliphatic rings. The molecule has 1 radical (unpaired) electrons. The molecule has 0 unspecified atom stereocenters. The molecule has 1 rings (SSSR count). The van der Waals surface area contributed by atoms with E-state index in [1.807, 2.05) is 0 Å². The van der Waals surface area contributed by atoms with Gasteiger partial charge < -0.3 is 13.3 Å². The van der Waals surface area contributed by atoms with Crippen LogP contribution < -0.4 is 0 Å². The summed E-state index contributed by atoms with van der Waals surface area (Å²) in [4.78, 5) is 0. The van der Waals surface area contributed by atoms with Gasteiger partial charge in [-0.1, -0.05) is 19.8 Å². The van der Waals surface area contributed by atoms with E-state index in [1.165, 1.54) is 12.8 Å². The summed E-state index contributed by atoms with van der Waals surface area (Å²) in [5.41, 5.74) is 0.417. The maximum atomic E-state index is 4.14. The smallest absolute Gasteiger partial charge is 0.342 e. The normalized spacial score (nSPS) is 22.7. The molecule has 0 aromatic carbocycles. The third kappa shape index (κ3) is 1.99. The fraction of sp³-hybridized carbons (Fsp3) is 0.750. The second-order valence-corrected chi connectivity index (χ2v) is 3.21. The average Bonchev–Trinajstić information content (AvgIpc) is 1.60. The van der Waals surface area contributed by atoms with Gasteiger partial charge in [0.15, 0.2) is 0 Å². The van der Waals surface area contributed by atoms with Crippen LogP contribution in [0.15, 0.2) is 0 Å². The minimum Gasteiger partial charge on any atom is -0.342 e. The summed E-state index contributed by atoms with van der Waals surface area (Å²) >= 11 is 0. The largest absolute Gasteiger partial charge is 3.00 e. The standard InChI is InChI=1S/C8H14.U/c1-7(2)8(3)5-4-6-8;/h4,7H,3,5-6H2,1-2H3;/q-2;+3. The first-order valence-corrected chi connectivity index (χ1v) is 3.32. The van der Waals surface area contributed by atoms with Gasteiger partial charge in [0.1, 0.15) is 0 Å². The van der Waals surface area contributed by atoms with E-state index < -0.39 is 0 Å². The molecule has 9 heavy (non-hydrogen) atoms. The van der Waals surface area contributed by atoms with Crippen LogP contribution in [0.25, 0.3) is 0 Å². The summed E-state index contributed by atoms with van der Waals surface area (Å²) in [6.45, 7) is 8.64. The van der Waals surface area contributed by atoms with Crippen LogP contribution in [0, 0.1) is 55.8 Å². The Morgan fingerprint density at radius 1 is 1.44 bits per heavy atom. The van der Waals surface area contributed by atoms with Crippen LogP contribution >= 0.6 is 0 Å². The second kappa shape index (κ2) is 3.45. The number of hydrogen-bond acceptors (Lipinski definition) is 0. The van der Waals surface area contributed by atoms with Crippen molar-refractivity contribution in [2.75, 3.05) is 0 Å². The summed E-state index contributed by atoms with van der Waals surface area (Å²) in [5.74, 6) is 0.757. The fourth-order valence-corrected chi connectivity index (χ4v) is 0.987. The molecule has 1 fully saturated rings. The molecule has 0 spiro atoms. The Balaban J connectivity index is 0.000000640. The molecule has 0 bridgehead atoms. The zero-order valence-corrected chi connectivity index (χ0v) is 10.4. The van der Waals surface area contributed by atoms with Crippen molar-refractivity contribution in [2.45, 2.75) is 26.7 Å². The van der Waals surface area contributed by atoms with Gasteiger partial charge in [-0.25, -0.2) is 18.3 Å². The summed E-state index contributed by atoms with van der Waals surface area (Å²) < 4.78 is 0. The predicted molar refractivity (Wildman–Crippen MR) is 36.2 cm³/mol. The average molecular weight is 348 g/mol. The molecule has 0 heterocycles. The molecule has 0 aromatic heterocycles. The maximum Gasteiger partial charge on any atom is 3.00 e. The van der Waals surface area contributed by atoms with Crippen molar-refractivity contribution < 1.29 is 31.1 Å². The summed E-state index contributed by atoms with van der Waals surface area (Å²) in [6.07, 6.45) is 4.77. The molecule has 0 aromatic rings. The topological polar surface area (TPSA) is 0 Å². The van der Waals surface area contributed by atoms with Gasteiger partial charge in [-0.05, 0) is 0 Å². The molecule has 49 valence electrons. The number of hydrogen-bond donors (Lipinski definition) is 0. The molecule has 0 atom stereocenters. The van der Waals surface area contributed by atoms with Gasteiger partial charge in [0.05, 0.1) is 0 Å². The molecular formula is C8H14U+. The Hall–Kier alpha value is 1.05. The van der Waals surface area contributed by atoms with E-state index >= 15 is 0 Å². The quantitative estimate of drug-likeness (QED) is 0.639. The Morgan fingerprint density at radius 2 is 1.89 bits per heavy atom. The molecule has 0 amide bonds. The Kier molecular flexibility index (Phi) is 3.85. The first kappa shape index (κ1) is 10.1. The third-order valence-electron chi connectivity index (χ3n) is 2.33. The van der Waals surface area contributed by atoms with Gasteiger partial charge in [-0.15, -0.1) is 0 Å². The monoisotopic (exact) mass is 348 g/mol. The van der Waals surface area contributed by atoms with E-state index in [9.17, 15) is 0 Å². The van der Waals surface area contributed by atoms with E-state index in [2.05, 4.69) is 27.2 Å². The van der Waals surface area contributed by atoms with Gasteiger partial charge in [-0.3, -0.25) is 0 Å². The van der Waals surface area contributed by atoms with Crippen LogP contribution in [-0.2, 0) is 0 Å². The van der Waals surface area contributed by atoms with Crippen molar-refractivity contribution in [1.29, 1.82) is 0 Å². The van der Waals surface area contributed by atoms with Gasteiger partial charge in [0, 0.05) is 0 Å². The van der Waals surface area contributed by atoms with E-state index in [0.717, 1.165) is 5.92 Å². The van der Waals surface area contributed by atoms with Crippen LogP contribution in [0.3, 0.4) is 0 Å². The van der Waals surface area contributed by atoms with Gasteiger partial charge in [-0.2, -0.15) is 0 Å². The summed E-state index contributed by atoms with van der Waals surface area (Å²) in [6, 6.07) is 0. The van der Waals surface area contributed by atoms with Crippen molar-refractivity contribution in [3.05, 3.63) is 13.3 Å². The minimum absolute atomic E-state index is 0. The van der Waals surface area contributed by atoms with E-state index in [4.69, 9.17) is 0 Å². The molecule has 0 aliphatic heterocycles. The Morgan fingerprint density at radius 3 is 1.89 bits per heavy atom. The zero-order valence-electron chi connectivity index (χ0n) is 6.28. The van der Waals surface area contributed by atoms with Crippen LogP contribution in [-0.4, -0.2) is 0 Å².